The fourth-order valence-electron chi connectivity index (χ4n) is 2.68. The summed E-state index contributed by atoms with van der Waals surface area (Å²) in [7, 11) is 0. The number of nitriles is 1. The fourth-order valence-corrected chi connectivity index (χ4v) is 2.68. The smallest absolute Gasteiger partial charge is 0.258 e. The Balaban J connectivity index is 1.77. The van der Waals surface area contributed by atoms with Crippen LogP contribution in [-0.2, 0) is 0 Å². The second-order valence-electron chi connectivity index (χ2n) is 6.00. The minimum absolute atomic E-state index is 0.324. The van der Waals surface area contributed by atoms with E-state index in [1.807, 2.05) is 43.0 Å². The number of carbonyl (C=O) groups excluding carboxylic acids is 1. The van der Waals surface area contributed by atoms with E-state index in [2.05, 4.69) is 21.4 Å². The largest absolute Gasteiger partial charge is 0.322 e. The van der Waals surface area contributed by atoms with Crippen molar-refractivity contribution in [3.8, 4) is 6.07 Å². The van der Waals surface area contributed by atoms with E-state index in [-0.39, 0.29) is 5.91 Å². The summed E-state index contributed by atoms with van der Waals surface area (Å²) in [4.78, 5) is 23.1. The zero-order valence-electron chi connectivity index (χ0n) is 15.2. The van der Waals surface area contributed by atoms with Gasteiger partial charge in [-0.15, -0.1) is 0 Å². The number of hydrogen-bond donors (Lipinski definition) is 1. The lowest BCUT2D eigenvalue weighted by molar-refractivity contribution is 0.102. The van der Waals surface area contributed by atoms with Crippen LogP contribution in [-0.4, -0.2) is 22.4 Å². The second-order valence-corrected chi connectivity index (χ2v) is 6.00. The highest BCUT2D eigenvalue weighted by Crippen LogP contribution is 2.22. The van der Waals surface area contributed by atoms with Gasteiger partial charge in [-0.25, -0.2) is 9.97 Å². The molecule has 1 heterocycles. The van der Waals surface area contributed by atoms with E-state index in [0.717, 1.165) is 11.3 Å². The Morgan fingerprint density at radius 1 is 1.15 bits per heavy atom. The first-order valence-electron chi connectivity index (χ1n) is 8.58. The number of benzene rings is 2. The predicted octanol–water partition coefficient (Wildman–Crippen LogP) is 4.07. The lowest BCUT2D eigenvalue weighted by atomic mass is 10.2. The number of rotatable bonds is 5. The van der Waals surface area contributed by atoms with Crippen molar-refractivity contribution in [2.45, 2.75) is 13.8 Å². The Bertz CT molecular complexity index is 992. The van der Waals surface area contributed by atoms with Crippen LogP contribution in [0.4, 0.5) is 17.3 Å². The van der Waals surface area contributed by atoms with E-state index in [4.69, 9.17) is 5.26 Å². The average Bonchev–Trinajstić information content (AvgIpc) is 2.69. The molecule has 0 radical (unpaired) electrons. The Morgan fingerprint density at radius 3 is 2.56 bits per heavy atom. The molecule has 0 aliphatic rings. The Kier molecular flexibility index (Phi) is 5.43. The third-order valence-corrected chi connectivity index (χ3v) is 4.02. The number of nitrogens with zero attached hydrogens (tertiary/aromatic N) is 4. The van der Waals surface area contributed by atoms with Gasteiger partial charge in [-0.05, 0) is 49.7 Å². The monoisotopic (exact) mass is 357 g/mol. The third-order valence-electron chi connectivity index (χ3n) is 4.02. The highest BCUT2D eigenvalue weighted by Gasteiger charge is 2.13. The van der Waals surface area contributed by atoms with Crippen molar-refractivity contribution < 1.29 is 4.79 Å². The highest BCUT2D eigenvalue weighted by atomic mass is 16.1. The van der Waals surface area contributed by atoms with Crippen molar-refractivity contribution in [2.24, 2.45) is 0 Å². The number of aromatic nitrogens is 2. The maximum absolute atomic E-state index is 12.4. The van der Waals surface area contributed by atoms with E-state index in [1.54, 1.807) is 24.3 Å². The SMILES string of the molecule is CCN(c1cccc(C)c1)c1ncc(C(=O)Nc2cccc(C#N)c2)cn1. The van der Waals surface area contributed by atoms with Gasteiger partial charge in [0.15, 0.2) is 0 Å². The molecule has 0 atom stereocenters. The Morgan fingerprint density at radius 2 is 1.89 bits per heavy atom. The van der Waals surface area contributed by atoms with E-state index < -0.39 is 0 Å². The van der Waals surface area contributed by atoms with Crippen LogP contribution in [0.25, 0.3) is 0 Å². The van der Waals surface area contributed by atoms with Gasteiger partial charge in [-0.3, -0.25) is 4.79 Å². The first-order chi connectivity index (χ1) is 13.1. The molecule has 0 aliphatic carbocycles. The topological polar surface area (TPSA) is 81.9 Å². The molecule has 1 aromatic heterocycles. The van der Waals surface area contributed by atoms with Gasteiger partial charge in [0.1, 0.15) is 0 Å². The lowest BCUT2D eigenvalue weighted by Gasteiger charge is -2.21. The van der Waals surface area contributed by atoms with Crippen molar-refractivity contribution >= 4 is 23.2 Å². The van der Waals surface area contributed by atoms with Gasteiger partial charge in [-0.2, -0.15) is 5.26 Å². The molecule has 0 bridgehead atoms. The summed E-state index contributed by atoms with van der Waals surface area (Å²) in [6.45, 7) is 4.76. The standard InChI is InChI=1S/C21H19N5O/c1-3-26(19-9-4-6-15(2)10-19)21-23-13-17(14-24-21)20(27)25-18-8-5-7-16(11-18)12-22/h4-11,13-14H,3H2,1-2H3,(H,25,27). The number of carbonyl (C=O) groups is 1. The fraction of sp³-hybridized carbons (Fsp3) is 0.143. The summed E-state index contributed by atoms with van der Waals surface area (Å²) in [5, 5.41) is 11.7. The minimum atomic E-state index is -0.324. The maximum atomic E-state index is 12.4. The highest BCUT2D eigenvalue weighted by molar-refractivity contribution is 6.04. The van der Waals surface area contributed by atoms with E-state index in [9.17, 15) is 4.79 Å². The van der Waals surface area contributed by atoms with Gasteiger partial charge in [-0.1, -0.05) is 18.2 Å². The molecular formula is C21H19N5O. The van der Waals surface area contributed by atoms with Crippen molar-refractivity contribution in [1.29, 1.82) is 5.26 Å². The summed E-state index contributed by atoms with van der Waals surface area (Å²) in [5.41, 5.74) is 3.54. The van der Waals surface area contributed by atoms with Crippen LogP contribution in [0.2, 0.25) is 0 Å². The number of hydrogen-bond acceptors (Lipinski definition) is 5. The molecular weight excluding hydrogens is 338 g/mol. The third kappa shape index (κ3) is 4.28. The quantitative estimate of drug-likeness (QED) is 0.744. The molecule has 0 fully saturated rings. The van der Waals surface area contributed by atoms with Crippen LogP contribution in [0, 0.1) is 18.3 Å². The van der Waals surface area contributed by atoms with Crippen LogP contribution in [0.1, 0.15) is 28.4 Å². The zero-order valence-corrected chi connectivity index (χ0v) is 15.2. The number of nitrogens with one attached hydrogen (secondary N) is 1. The van der Waals surface area contributed by atoms with Crippen LogP contribution in [0.15, 0.2) is 60.9 Å². The molecule has 2 aromatic carbocycles. The molecule has 0 unspecified atom stereocenters. The molecule has 0 aliphatic heterocycles. The van der Waals surface area contributed by atoms with Gasteiger partial charge < -0.3 is 10.2 Å². The molecule has 3 aromatic rings. The van der Waals surface area contributed by atoms with E-state index >= 15 is 0 Å². The predicted molar refractivity (Wildman–Crippen MR) is 105 cm³/mol. The summed E-state index contributed by atoms with van der Waals surface area (Å²) >= 11 is 0. The molecule has 6 nitrogen and oxygen atoms in total. The zero-order chi connectivity index (χ0) is 19.2. The second kappa shape index (κ2) is 8.11. The minimum Gasteiger partial charge on any atom is -0.322 e. The Hall–Kier alpha value is -3.72. The summed E-state index contributed by atoms with van der Waals surface area (Å²) in [6.07, 6.45) is 3.01. The van der Waals surface area contributed by atoms with E-state index in [1.165, 1.54) is 12.4 Å². The van der Waals surface area contributed by atoms with Gasteiger partial charge in [0.25, 0.3) is 5.91 Å². The average molecular weight is 357 g/mol. The molecule has 3 rings (SSSR count). The normalized spacial score (nSPS) is 10.1. The number of aryl methyl sites for hydroxylation is 1. The first-order valence-corrected chi connectivity index (χ1v) is 8.58. The van der Waals surface area contributed by atoms with Crippen LogP contribution in [0.5, 0.6) is 0 Å². The molecule has 1 amide bonds. The van der Waals surface area contributed by atoms with Gasteiger partial charge in [0, 0.05) is 30.3 Å². The number of anilines is 3. The van der Waals surface area contributed by atoms with Gasteiger partial charge in [0.2, 0.25) is 5.95 Å². The van der Waals surface area contributed by atoms with Gasteiger partial charge >= 0.3 is 0 Å². The molecule has 134 valence electrons. The van der Waals surface area contributed by atoms with Crippen molar-refractivity contribution in [1.82, 2.24) is 9.97 Å². The van der Waals surface area contributed by atoms with Crippen LogP contribution < -0.4 is 10.2 Å². The maximum Gasteiger partial charge on any atom is 0.258 e. The van der Waals surface area contributed by atoms with Gasteiger partial charge in [0.05, 0.1) is 17.2 Å². The summed E-state index contributed by atoms with van der Waals surface area (Å²) in [6, 6.07) is 16.9. The Labute approximate surface area is 158 Å². The summed E-state index contributed by atoms with van der Waals surface area (Å²) < 4.78 is 0. The molecule has 6 heteroatoms. The van der Waals surface area contributed by atoms with Crippen molar-refractivity contribution in [3.63, 3.8) is 0 Å². The molecule has 1 N–H and O–H groups in total. The first kappa shape index (κ1) is 18.1. The van der Waals surface area contributed by atoms with Crippen LogP contribution in [0.3, 0.4) is 0 Å². The lowest BCUT2D eigenvalue weighted by Crippen LogP contribution is -2.20. The molecule has 0 saturated heterocycles. The molecule has 0 saturated carbocycles. The molecule has 27 heavy (non-hydrogen) atoms. The van der Waals surface area contributed by atoms with E-state index in [0.29, 0.717) is 29.3 Å². The van der Waals surface area contributed by atoms with Crippen LogP contribution >= 0.6 is 0 Å². The summed E-state index contributed by atoms with van der Waals surface area (Å²) in [5.74, 6) is 0.210. The molecule has 0 spiro atoms. The van der Waals surface area contributed by atoms with Crippen molar-refractivity contribution in [3.05, 3.63) is 77.6 Å². The van der Waals surface area contributed by atoms with Crippen molar-refractivity contribution in [2.75, 3.05) is 16.8 Å². The number of amides is 1.